The second-order valence-corrected chi connectivity index (χ2v) is 7.79. The molecule has 0 saturated heterocycles. The number of carbonyl (C=O) groups is 1. The van der Waals surface area contributed by atoms with Gasteiger partial charge in [0.2, 0.25) is 5.91 Å². The van der Waals surface area contributed by atoms with E-state index >= 15 is 0 Å². The van der Waals surface area contributed by atoms with E-state index in [0.29, 0.717) is 18.7 Å². The summed E-state index contributed by atoms with van der Waals surface area (Å²) in [4.78, 5) is 11.5. The van der Waals surface area contributed by atoms with Crippen molar-refractivity contribution in [3.05, 3.63) is 0 Å². The highest BCUT2D eigenvalue weighted by atomic mass is 35.5. The molecule has 0 aliphatic rings. The highest BCUT2D eigenvalue weighted by Gasteiger charge is 2.18. The molecule has 0 radical (unpaired) electrons. The van der Waals surface area contributed by atoms with Crippen LogP contribution in [0.5, 0.6) is 0 Å². The lowest BCUT2D eigenvalue weighted by Gasteiger charge is -2.17. The van der Waals surface area contributed by atoms with Crippen molar-refractivity contribution in [1.29, 1.82) is 0 Å². The summed E-state index contributed by atoms with van der Waals surface area (Å²) < 4.78 is 11.5. The van der Waals surface area contributed by atoms with Crippen molar-refractivity contribution in [2.24, 2.45) is 5.73 Å². The number of carbonyl (C=O) groups excluding carboxylic acids is 1. The number of rotatable bonds is 9. The van der Waals surface area contributed by atoms with Gasteiger partial charge < -0.3 is 11.1 Å². The third kappa shape index (κ3) is 12.6. The molecule has 0 rings (SSSR count). The average Bonchev–Trinajstić information content (AvgIpc) is 2.27. The fraction of sp³-hybridized carbons (Fsp3) is 0.923. The molecule has 0 saturated carbocycles. The molecule has 0 aromatic carbocycles. The van der Waals surface area contributed by atoms with Crippen LogP contribution in [0, 0.1) is 0 Å². The van der Waals surface area contributed by atoms with Crippen LogP contribution in [-0.2, 0) is 15.6 Å². The number of nitrogens with two attached hydrogens (primary N) is 1. The Bertz CT molecular complexity index is 268. The van der Waals surface area contributed by atoms with E-state index in [4.69, 9.17) is 5.73 Å². The second-order valence-electron chi connectivity index (χ2n) is 5.46. The van der Waals surface area contributed by atoms with Crippen LogP contribution in [0.15, 0.2) is 0 Å². The van der Waals surface area contributed by atoms with Gasteiger partial charge in [0.1, 0.15) is 0 Å². The van der Waals surface area contributed by atoms with Crippen LogP contribution in [-0.4, -0.2) is 33.7 Å². The van der Waals surface area contributed by atoms with E-state index in [0.717, 1.165) is 32.2 Å². The first-order valence-electron chi connectivity index (χ1n) is 6.73. The Hall–Kier alpha value is -0.130. The van der Waals surface area contributed by atoms with Crippen LogP contribution in [0.4, 0.5) is 0 Å². The summed E-state index contributed by atoms with van der Waals surface area (Å²) >= 11 is 0. The third-order valence-electron chi connectivity index (χ3n) is 2.65. The fourth-order valence-electron chi connectivity index (χ4n) is 1.46. The lowest BCUT2D eigenvalue weighted by atomic mass is 10.1. The second kappa shape index (κ2) is 11.7. The predicted molar refractivity (Wildman–Crippen MR) is 85.2 cm³/mol. The van der Waals surface area contributed by atoms with Crippen LogP contribution in [0.3, 0.4) is 0 Å². The van der Waals surface area contributed by atoms with Crippen molar-refractivity contribution in [3.8, 4) is 0 Å². The first-order valence-corrected chi connectivity index (χ1v) is 8.05. The van der Waals surface area contributed by atoms with Crippen molar-refractivity contribution in [3.63, 3.8) is 0 Å². The van der Waals surface area contributed by atoms with Crippen LogP contribution in [0.1, 0.15) is 52.9 Å². The summed E-state index contributed by atoms with van der Waals surface area (Å²) in [5, 5.41) is 2.82. The van der Waals surface area contributed by atoms with Gasteiger partial charge in [-0.05, 0) is 40.2 Å². The maximum atomic E-state index is 11.7. The van der Waals surface area contributed by atoms with Crippen LogP contribution in [0.25, 0.3) is 0 Å². The Morgan fingerprint density at radius 2 is 1.74 bits per heavy atom. The largest absolute Gasteiger partial charge is 0.355 e. The Morgan fingerprint density at radius 1 is 1.16 bits per heavy atom. The van der Waals surface area contributed by atoms with E-state index in [1.165, 1.54) is 0 Å². The van der Waals surface area contributed by atoms with Crippen molar-refractivity contribution >= 4 is 29.1 Å². The quantitative estimate of drug-likeness (QED) is 0.639. The molecule has 0 fully saturated rings. The van der Waals surface area contributed by atoms with Gasteiger partial charge in [-0.25, -0.2) is 0 Å². The van der Waals surface area contributed by atoms with Gasteiger partial charge in [-0.1, -0.05) is 12.8 Å². The molecule has 4 nitrogen and oxygen atoms in total. The Morgan fingerprint density at radius 3 is 2.26 bits per heavy atom. The van der Waals surface area contributed by atoms with Gasteiger partial charge in [0.15, 0.2) is 0 Å². The molecule has 116 valence electrons. The first kappa shape index (κ1) is 21.2. The SMILES string of the molecule is CC(C)(C)S(=O)CCNC(=O)CCCCCCN.Cl. The molecule has 3 N–H and O–H groups in total. The average molecular weight is 313 g/mol. The van der Waals surface area contributed by atoms with Gasteiger partial charge in [0, 0.05) is 34.3 Å². The van der Waals surface area contributed by atoms with Gasteiger partial charge in [-0.15, -0.1) is 12.4 Å². The number of unbranched alkanes of at least 4 members (excludes halogenated alkanes) is 3. The van der Waals surface area contributed by atoms with Crippen molar-refractivity contribution in [2.75, 3.05) is 18.8 Å². The van der Waals surface area contributed by atoms with Gasteiger partial charge >= 0.3 is 0 Å². The minimum absolute atomic E-state index is 0. The van der Waals surface area contributed by atoms with Crippen molar-refractivity contribution in [2.45, 2.75) is 57.6 Å². The highest BCUT2D eigenvalue weighted by molar-refractivity contribution is 7.86. The molecule has 1 unspecified atom stereocenters. The minimum atomic E-state index is -0.892. The van der Waals surface area contributed by atoms with Crippen molar-refractivity contribution in [1.82, 2.24) is 5.32 Å². The number of hydrogen-bond donors (Lipinski definition) is 2. The Kier molecular flexibility index (Phi) is 13.0. The zero-order valence-corrected chi connectivity index (χ0v) is 14.0. The third-order valence-corrected chi connectivity index (χ3v) is 4.59. The molecule has 6 heteroatoms. The van der Waals surface area contributed by atoms with Crippen molar-refractivity contribution < 1.29 is 9.00 Å². The molecular weight excluding hydrogens is 284 g/mol. The summed E-state index contributed by atoms with van der Waals surface area (Å²) in [7, 11) is -0.892. The smallest absolute Gasteiger partial charge is 0.220 e. The van der Waals surface area contributed by atoms with Gasteiger partial charge in [-0.2, -0.15) is 0 Å². The van der Waals surface area contributed by atoms with Crippen LogP contribution in [0.2, 0.25) is 0 Å². The zero-order valence-electron chi connectivity index (χ0n) is 12.4. The minimum Gasteiger partial charge on any atom is -0.355 e. The molecule has 0 aliphatic heterocycles. The summed E-state index contributed by atoms with van der Waals surface area (Å²) in [6.07, 6.45) is 4.66. The molecule has 0 bridgehead atoms. The predicted octanol–water partition coefficient (Wildman–Crippen LogP) is 1.98. The molecule has 1 atom stereocenters. The maximum absolute atomic E-state index is 11.7. The normalized spacial score (nSPS) is 12.6. The highest BCUT2D eigenvalue weighted by Crippen LogP contribution is 2.10. The molecule has 0 aliphatic carbocycles. The summed E-state index contributed by atoms with van der Waals surface area (Å²) in [5.74, 6) is 0.594. The van der Waals surface area contributed by atoms with Crippen LogP contribution >= 0.6 is 12.4 Å². The zero-order chi connectivity index (χ0) is 14.0. The number of hydrogen-bond acceptors (Lipinski definition) is 3. The summed E-state index contributed by atoms with van der Waals surface area (Å²) in [6.45, 7) is 7.07. The molecular formula is C13H29ClN2O2S. The maximum Gasteiger partial charge on any atom is 0.220 e. The van der Waals surface area contributed by atoms with E-state index in [1.54, 1.807) is 0 Å². The van der Waals surface area contributed by atoms with E-state index < -0.39 is 10.8 Å². The summed E-state index contributed by atoms with van der Waals surface area (Å²) in [5.41, 5.74) is 5.39. The summed E-state index contributed by atoms with van der Waals surface area (Å²) in [6, 6.07) is 0. The van der Waals surface area contributed by atoms with E-state index in [-0.39, 0.29) is 23.1 Å². The molecule has 19 heavy (non-hydrogen) atoms. The molecule has 1 amide bonds. The monoisotopic (exact) mass is 312 g/mol. The fourth-order valence-corrected chi connectivity index (χ4v) is 2.36. The first-order chi connectivity index (χ1) is 8.38. The lowest BCUT2D eigenvalue weighted by molar-refractivity contribution is -0.121. The Labute approximate surface area is 126 Å². The number of amides is 1. The molecule has 0 spiro atoms. The van der Waals surface area contributed by atoms with Gasteiger partial charge in [0.25, 0.3) is 0 Å². The molecule has 0 heterocycles. The number of nitrogens with one attached hydrogen (secondary N) is 1. The van der Waals surface area contributed by atoms with Crippen LogP contribution < -0.4 is 11.1 Å². The number of halogens is 1. The van der Waals surface area contributed by atoms with E-state index in [1.807, 2.05) is 20.8 Å². The molecule has 0 aromatic heterocycles. The van der Waals surface area contributed by atoms with E-state index in [9.17, 15) is 9.00 Å². The topological polar surface area (TPSA) is 72.2 Å². The standard InChI is InChI=1S/C13H28N2O2S.ClH/c1-13(2,3)18(17)11-10-15-12(16)8-6-4-5-7-9-14;/h4-11,14H2,1-3H3,(H,15,16);1H. The van der Waals surface area contributed by atoms with E-state index in [2.05, 4.69) is 5.32 Å². The molecule has 0 aromatic rings. The lowest BCUT2D eigenvalue weighted by Crippen LogP contribution is -2.32. The Balaban J connectivity index is 0. The van der Waals surface area contributed by atoms with Gasteiger partial charge in [-0.3, -0.25) is 9.00 Å². The van der Waals surface area contributed by atoms with Gasteiger partial charge in [0.05, 0.1) is 0 Å².